The van der Waals surface area contributed by atoms with Gasteiger partial charge in [0.25, 0.3) is 0 Å². The van der Waals surface area contributed by atoms with E-state index in [0.717, 1.165) is 22.5 Å². The fourth-order valence-corrected chi connectivity index (χ4v) is 2.72. The van der Waals surface area contributed by atoms with Crippen molar-refractivity contribution in [2.24, 2.45) is 12.8 Å². The molecule has 0 fully saturated rings. The second kappa shape index (κ2) is 6.80. The fraction of sp³-hybridized carbons (Fsp3) is 0.667. The third-order valence-corrected chi connectivity index (χ3v) is 3.93. The summed E-state index contributed by atoms with van der Waals surface area (Å²) in [4.78, 5) is 10.7. The molecule has 1 aromatic rings. The minimum atomic E-state index is -0.306. The van der Waals surface area contributed by atoms with Crippen molar-refractivity contribution in [3.8, 4) is 0 Å². The lowest BCUT2D eigenvalue weighted by atomic mass is 10.3. The molecule has 0 bridgehead atoms. The number of rotatable bonds is 7. The molecule has 1 heterocycles. The molecule has 0 aliphatic carbocycles. The van der Waals surface area contributed by atoms with Crippen LogP contribution in [0.3, 0.4) is 0 Å². The maximum atomic E-state index is 10.7. The highest BCUT2D eigenvalue weighted by atomic mass is 32.2. The highest BCUT2D eigenvalue weighted by Gasteiger charge is 2.09. The van der Waals surface area contributed by atoms with Gasteiger partial charge in [0.15, 0.2) is 5.16 Å². The van der Waals surface area contributed by atoms with Crippen LogP contribution in [0.25, 0.3) is 0 Å². The lowest BCUT2D eigenvalue weighted by Gasteiger charge is -2.02. The Bertz CT molecular complexity index is 353. The van der Waals surface area contributed by atoms with E-state index in [1.54, 1.807) is 11.8 Å². The molecule has 0 saturated heterocycles. The van der Waals surface area contributed by atoms with Gasteiger partial charge in [0.05, 0.1) is 0 Å². The predicted octanol–water partition coefficient (Wildman–Crippen LogP) is 0.688. The molecule has 5 nitrogen and oxygen atoms in total. The second-order valence-corrected chi connectivity index (χ2v) is 5.31. The highest BCUT2D eigenvalue weighted by Crippen LogP contribution is 2.17. The van der Waals surface area contributed by atoms with Crippen LogP contribution in [0, 0.1) is 0 Å². The van der Waals surface area contributed by atoms with Crippen LogP contribution in [0.2, 0.25) is 0 Å². The molecule has 0 saturated carbocycles. The first kappa shape index (κ1) is 13.4. The summed E-state index contributed by atoms with van der Waals surface area (Å²) in [5.41, 5.74) is 5.09. The van der Waals surface area contributed by atoms with Gasteiger partial charge >= 0.3 is 0 Å². The van der Waals surface area contributed by atoms with Gasteiger partial charge in [-0.1, -0.05) is 11.8 Å². The minimum absolute atomic E-state index is 0.306. The Hall–Kier alpha value is -0.690. The molecule has 0 radical (unpaired) electrons. The van der Waals surface area contributed by atoms with Crippen LogP contribution in [0.4, 0.5) is 0 Å². The summed E-state index contributed by atoms with van der Waals surface area (Å²) in [6, 6.07) is 0. The standard InChI is InChI=1S/C9H16N4OS2/c1-13-8(4-3-7(10)14)11-12-9(13)16-6-5-15-2/h3-6H2,1-2H3,(H2,10,14). The number of aryl methyl sites for hydroxylation is 1. The first-order valence-corrected chi connectivity index (χ1v) is 7.31. The van der Waals surface area contributed by atoms with E-state index in [-0.39, 0.29) is 5.91 Å². The maximum Gasteiger partial charge on any atom is 0.217 e. The van der Waals surface area contributed by atoms with Crippen LogP contribution in [0.1, 0.15) is 12.2 Å². The number of amides is 1. The Morgan fingerprint density at radius 2 is 2.19 bits per heavy atom. The summed E-state index contributed by atoms with van der Waals surface area (Å²) in [5.74, 6) is 2.61. The number of hydrogen-bond donors (Lipinski definition) is 1. The normalized spacial score (nSPS) is 10.6. The average Bonchev–Trinajstić information content (AvgIpc) is 2.58. The molecule has 7 heteroatoms. The summed E-state index contributed by atoms with van der Waals surface area (Å²) < 4.78 is 1.92. The number of carbonyl (C=O) groups excluding carboxylic acids is 1. The molecule has 0 atom stereocenters. The van der Waals surface area contributed by atoms with Gasteiger partial charge in [-0.25, -0.2) is 0 Å². The molecule has 2 N–H and O–H groups in total. The number of primary amides is 1. The van der Waals surface area contributed by atoms with Crippen LogP contribution >= 0.6 is 23.5 Å². The number of thioether (sulfide) groups is 2. The van der Waals surface area contributed by atoms with Gasteiger partial charge in [0.2, 0.25) is 5.91 Å². The zero-order valence-corrected chi connectivity index (χ0v) is 11.1. The van der Waals surface area contributed by atoms with Crippen molar-refractivity contribution < 1.29 is 4.79 Å². The number of aromatic nitrogens is 3. The Morgan fingerprint density at radius 1 is 1.44 bits per heavy atom. The van der Waals surface area contributed by atoms with E-state index in [9.17, 15) is 4.79 Å². The third-order valence-electron chi connectivity index (χ3n) is 2.04. The first-order chi connectivity index (χ1) is 7.65. The van der Waals surface area contributed by atoms with Gasteiger partial charge in [-0.2, -0.15) is 11.8 Å². The zero-order valence-electron chi connectivity index (χ0n) is 9.47. The van der Waals surface area contributed by atoms with Crippen LogP contribution in [0.5, 0.6) is 0 Å². The number of nitrogens with zero attached hydrogens (tertiary/aromatic N) is 3. The molecular weight excluding hydrogens is 244 g/mol. The number of nitrogens with two attached hydrogens (primary N) is 1. The Labute approximate surface area is 104 Å². The van der Waals surface area contributed by atoms with E-state index in [2.05, 4.69) is 16.5 Å². The van der Waals surface area contributed by atoms with Gasteiger partial charge in [-0.15, -0.1) is 10.2 Å². The van der Waals surface area contributed by atoms with Gasteiger partial charge in [0.1, 0.15) is 5.82 Å². The molecule has 0 spiro atoms. The van der Waals surface area contributed by atoms with E-state index in [4.69, 9.17) is 5.73 Å². The van der Waals surface area contributed by atoms with E-state index >= 15 is 0 Å². The van der Waals surface area contributed by atoms with Gasteiger partial charge in [-0.3, -0.25) is 4.79 Å². The highest BCUT2D eigenvalue weighted by molar-refractivity contribution is 8.02. The van der Waals surface area contributed by atoms with Crippen LogP contribution in [-0.2, 0) is 18.3 Å². The molecule has 16 heavy (non-hydrogen) atoms. The quantitative estimate of drug-likeness (QED) is 0.577. The van der Waals surface area contributed by atoms with Gasteiger partial charge in [0, 0.05) is 31.4 Å². The lowest BCUT2D eigenvalue weighted by Crippen LogP contribution is -2.12. The topological polar surface area (TPSA) is 73.8 Å². The van der Waals surface area contributed by atoms with E-state index < -0.39 is 0 Å². The molecule has 0 unspecified atom stereocenters. The average molecular weight is 260 g/mol. The SMILES string of the molecule is CSCCSc1nnc(CCC(N)=O)n1C. The first-order valence-electron chi connectivity index (χ1n) is 4.93. The molecule has 1 aromatic heterocycles. The predicted molar refractivity (Wildman–Crippen MR) is 67.6 cm³/mol. The molecular formula is C9H16N4OS2. The molecule has 0 aliphatic heterocycles. The van der Waals surface area contributed by atoms with Crippen molar-refractivity contribution in [1.29, 1.82) is 0 Å². The summed E-state index contributed by atoms with van der Waals surface area (Å²) >= 11 is 3.49. The van der Waals surface area contributed by atoms with Crippen molar-refractivity contribution in [1.82, 2.24) is 14.8 Å². The van der Waals surface area contributed by atoms with Crippen LogP contribution in [0.15, 0.2) is 5.16 Å². The number of carbonyl (C=O) groups is 1. The largest absolute Gasteiger partial charge is 0.370 e. The lowest BCUT2D eigenvalue weighted by molar-refractivity contribution is -0.118. The van der Waals surface area contributed by atoms with Crippen molar-refractivity contribution in [3.63, 3.8) is 0 Å². The van der Waals surface area contributed by atoms with Crippen molar-refractivity contribution in [2.75, 3.05) is 17.8 Å². The fourth-order valence-electron chi connectivity index (χ4n) is 1.14. The smallest absolute Gasteiger partial charge is 0.217 e. The summed E-state index contributed by atoms with van der Waals surface area (Å²) in [6.07, 6.45) is 2.96. The van der Waals surface area contributed by atoms with Gasteiger partial charge < -0.3 is 10.3 Å². The second-order valence-electron chi connectivity index (χ2n) is 3.27. The van der Waals surface area contributed by atoms with E-state index in [0.29, 0.717) is 12.8 Å². The molecule has 90 valence electrons. The Morgan fingerprint density at radius 3 is 2.81 bits per heavy atom. The van der Waals surface area contributed by atoms with E-state index in [1.807, 2.05) is 23.4 Å². The Balaban J connectivity index is 2.51. The molecule has 1 rings (SSSR count). The summed E-state index contributed by atoms with van der Waals surface area (Å²) in [7, 11) is 1.91. The summed E-state index contributed by atoms with van der Waals surface area (Å²) in [5, 5.41) is 9.02. The third kappa shape index (κ3) is 4.05. The van der Waals surface area contributed by atoms with Gasteiger partial charge in [-0.05, 0) is 6.26 Å². The summed E-state index contributed by atoms with van der Waals surface area (Å²) in [6.45, 7) is 0. The van der Waals surface area contributed by atoms with Crippen LogP contribution in [-0.4, -0.2) is 38.4 Å². The molecule has 1 amide bonds. The van der Waals surface area contributed by atoms with Crippen LogP contribution < -0.4 is 5.73 Å². The number of hydrogen-bond acceptors (Lipinski definition) is 5. The van der Waals surface area contributed by atoms with Crippen molar-refractivity contribution in [3.05, 3.63) is 5.82 Å². The molecule has 0 aromatic carbocycles. The molecule has 0 aliphatic rings. The maximum absolute atomic E-state index is 10.7. The Kier molecular flexibility index (Phi) is 5.68. The zero-order chi connectivity index (χ0) is 12.0. The monoisotopic (exact) mass is 260 g/mol. The van der Waals surface area contributed by atoms with Crippen molar-refractivity contribution in [2.45, 2.75) is 18.0 Å². The van der Waals surface area contributed by atoms with Crippen molar-refractivity contribution >= 4 is 29.4 Å². The minimum Gasteiger partial charge on any atom is -0.370 e. The van der Waals surface area contributed by atoms with E-state index in [1.165, 1.54) is 0 Å².